The van der Waals surface area contributed by atoms with Gasteiger partial charge in [0.15, 0.2) is 6.10 Å². The summed E-state index contributed by atoms with van der Waals surface area (Å²) in [4.78, 5) is 23.8. The van der Waals surface area contributed by atoms with Crippen molar-refractivity contribution in [2.45, 2.75) is 20.0 Å². The molecule has 1 unspecified atom stereocenters. The quantitative estimate of drug-likeness (QED) is 0.850. The van der Waals surface area contributed by atoms with Gasteiger partial charge in [0.05, 0.1) is 0 Å². The number of nitrogens with one attached hydrogen (secondary N) is 1. The van der Waals surface area contributed by atoms with E-state index in [1.165, 1.54) is 25.1 Å². The molecule has 1 aromatic carbocycles. The van der Waals surface area contributed by atoms with Gasteiger partial charge >= 0.3 is 5.97 Å². The van der Waals surface area contributed by atoms with Crippen LogP contribution in [-0.2, 0) is 9.53 Å². The monoisotopic (exact) mass is 341 g/mol. The van der Waals surface area contributed by atoms with E-state index in [-0.39, 0.29) is 5.76 Å². The summed E-state index contributed by atoms with van der Waals surface area (Å²) in [7, 11) is 0. The second-order valence-corrected chi connectivity index (χ2v) is 5.48. The number of rotatable bonds is 4. The largest absolute Gasteiger partial charge is 0.454 e. The molecule has 1 aromatic heterocycles. The lowest BCUT2D eigenvalue weighted by atomic mass is 10.3. The maximum Gasteiger partial charge on any atom is 0.375 e. The van der Waals surface area contributed by atoms with E-state index in [0.29, 0.717) is 21.5 Å². The van der Waals surface area contributed by atoms with Crippen molar-refractivity contribution in [1.82, 2.24) is 0 Å². The second-order valence-electron chi connectivity index (χ2n) is 4.61. The number of halogens is 2. The van der Waals surface area contributed by atoms with E-state index in [9.17, 15) is 9.59 Å². The number of hydrogen-bond acceptors (Lipinski definition) is 4. The Bertz CT molecular complexity index is 691. The Balaban J connectivity index is 1.98. The van der Waals surface area contributed by atoms with Crippen molar-refractivity contribution in [1.29, 1.82) is 0 Å². The lowest BCUT2D eigenvalue weighted by Crippen LogP contribution is -2.29. The Kier molecular flexibility index (Phi) is 5.11. The van der Waals surface area contributed by atoms with Gasteiger partial charge in [0.25, 0.3) is 5.91 Å². The summed E-state index contributed by atoms with van der Waals surface area (Å²) < 4.78 is 10.2. The standard InChI is InChI=1S/C15H13Cl2NO4/c1-8-3-4-13(21-8)15(20)22-9(2)14(19)18-12-6-10(16)5-11(17)7-12/h3-7,9H,1-2H3,(H,18,19). The van der Waals surface area contributed by atoms with Gasteiger partial charge in [-0.3, -0.25) is 4.79 Å². The van der Waals surface area contributed by atoms with Gasteiger partial charge in [0, 0.05) is 15.7 Å². The number of esters is 1. The van der Waals surface area contributed by atoms with Crippen LogP contribution in [0.4, 0.5) is 5.69 Å². The number of carbonyl (C=O) groups is 2. The zero-order chi connectivity index (χ0) is 16.3. The Labute approximate surface area is 137 Å². The molecule has 2 aromatic rings. The molecule has 116 valence electrons. The minimum atomic E-state index is -1.00. The third kappa shape index (κ3) is 4.26. The molecule has 22 heavy (non-hydrogen) atoms. The molecule has 0 spiro atoms. The van der Waals surface area contributed by atoms with Crippen LogP contribution in [0.1, 0.15) is 23.2 Å². The van der Waals surface area contributed by atoms with Crippen molar-refractivity contribution < 1.29 is 18.7 Å². The highest BCUT2D eigenvalue weighted by atomic mass is 35.5. The summed E-state index contributed by atoms with van der Waals surface area (Å²) in [6, 6.07) is 7.74. The van der Waals surface area contributed by atoms with E-state index in [1.807, 2.05) is 0 Å². The predicted molar refractivity (Wildman–Crippen MR) is 83.4 cm³/mol. The van der Waals surface area contributed by atoms with Crippen LogP contribution in [-0.4, -0.2) is 18.0 Å². The van der Waals surface area contributed by atoms with Crippen molar-refractivity contribution in [3.05, 3.63) is 51.9 Å². The van der Waals surface area contributed by atoms with Crippen LogP contribution in [0.5, 0.6) is 0 Å². The van der Waals surface area contributed by atoms with Crippen molar-refractivity contribution in [3.63, 3.8) is 0 Å². The Morgan fingerprint density at radius 1 is 1.18 bits per heavy atom. The molecule has 1 heterocycles. The molecule has 0 aliphatic carbocycles. The maximum atomic E-state index is 12.0. The molecule has 0 bridgehead atoms. The van der Waals surface area contributed by atoms with Crippen molar-refractivity contribution in [2.24, 2.45) is 0 Å². The number of carbonyl (C=O) groups excluding carboxylic acids is 2. The van der Waals surface area contributed by atoms with Crippen molar-refractivity contribution in [3.8, 4) is 0 Å². The van der Waals surface area contributed by atoms with Crippen LogP contribution in [0, 0.1) is 6.92 Å². The predicted octanol–water partition coefficient (Wildman–Crippen LogP) is 4.08. The van der Waals surface area contributed by atoms with Gasteiger partial charge in [-0.1, -0.05) is 23.2 Å². The molecule has 0 aliphatic rings. The van der Waals surface area contributed by atoms with Crippen LogP contribution in [0.3, 0.4) is 0 Å². The average molecular weight is 342 g/mol. The third-order valence-corrected chi connectivity index (χ3v) is 3.16. The van der Waals surface area contributed by atoms with Crippen molar-refractivity contribution in [2.75, 3.05) is 5.32 Å². The first-order chi connectivity index (χ1) is 10.3. The lowest BCUT2D eigenvalue weighted by Gasteiger charge is -2.13. The summed E-state index contributed by atoms with van der Waals surface area (Å²) in [6.07, 6.45) is -1.00. The smallest absolute Gasteiger partial charge is 0.375 e. The van der Waals surface area contributed by atoms with Gasteiger partial charge in [-0.05, 0) is 44.2 Å². The average Bonchev–Trinajstić information content (AvgIpc) is 2.84. The zero-order valence-electron chi connectivity index (χ0n) is 11.9. The zero-order valence-corrected chi connectivity index (χ0v) is 13.4. The van der Waals surface area contributed by atoms with Gasteiger partial charge in [0.1, 0.15) is 5.76 Å². The fourth-order valence-electron chi connectivity index (χ4n) is 1.69. The fourth-order valence-corrected chi connectivity index (χ4v) is 2.21. The van der Waals surface area contributed by atoms with E-state index in [0.717, 1.165) is 0 Å². The lowest BCUT2D eigenvalue weighted by molar-refractivity contribution is -0.123. The molecule has 0 fully saturated rings. The van der Waals surface area contributed by atoms with Crippen LogP contribution in [0.25, 0.3) is 0 Å². The first-order valence-corrected chi connectivity index (χ1v) is 7.15. The van der Waals surface area contributed by atoms with Crippen LogP contribution < -0.4 is 5.32 Å². The molecule has 1 amide bonds. The van der Waals surface area contributed by atoms with Crippen molar-refractivity contribution >= 4 is 40.8 Å². The number of benzene rings is 1. The third-order valence-electron chi connectivity index (χ3n) is 2.72. The number of amides is 1. The van der Waals surface area contributed by atoms with E-state index < -0.39 is 18.0 Å². The second kappa shape index (κ2) is 6.85. The molecule has 0 aliphatic heterocycles. The summed E-state index contributed by atoms with van der Waals surface area (Å²) in [5.74, 6) is -0.588. The van der Waals surface area contributed by atoms with Gasteiger partial charge < -0.3 is 14.5 Å². The van der Waals surface area contributed by atoms with E-state index in [1.54, 1.807) is 19.1 Å². The highest BCUT2D eigenvalue weighted by Gasteiger charge is 2.21. The molecule has 2 rings (SSSR count). The molecule has 1 N–H and O–H groups in total. The normalized spacial score (nSPS) is 11.8. The summed E-state index contributed by atoms with van der Waals surface area (Å²) >= 11 is 11.7. The topological polar surface area (TPSA) is 68.5 Å². The molecule has 0 radical (unpaired) electrons. The van der Waals surface area contributed by atoms with Gasteiger partial charge in [0.2, 0.25) is 5.76 Å². The molecular formula is C15H13Cl2NO4. The molecule has 5 nitrogen and oxygen atoms in total. The van der Waals surface area contributed by atoms with E-state index in [4.69, 9.17) is 32.4 Å². The maximum absolute atomic E-state index is 12.0. The number of ether oxygens (including phenoxy) is 1. The van der Waals surface area contributed by atoms with E-state index in [2.05, 4.69) is 5.32 Å². The fraction of sp³-hybridized carbons (Fsp3) is 0.200. The van der Waals surface area contributed by atoms with E-state index >= 15 is 0 Å². The Morgan fingerprint density at radius 2 is 1.82 bits per heavy atom. The number of hydrogen-bond donors (Lipinski definition) is 1. The van der Waals surface area contributed by atoms with Gasteiger partial charge in [-0.25, -0.2) is 4.79 Å². The molecule has 1 atom stereocenters. The van der Waals surface area contributed by atoms with Gasteiger partial charge in [-0.15, -0.1) is 0 Å². The molecule has 0 saturated carbocycles. The minimum Gasteiger partial charge on any atom is -0.454 e. The highest BCUT2D eigenvalue weighted by Crippen LogP contribution is 2.22. The number of aryl methyl sites for hydroxylation is 1. The summed E-state index contributed by atoms with van der Waals surface area (Å²) in [5, 5.41) is 3.34. The number of anilines is 1. The Morgan fingerprint density at radius 3 is 2.36 bits per heavy atom. The molecule has 0 saturated heterocycles. The number of furan rings is 1. The van der Waals surface area contributed by atoms with Crippen LogP contribution >= 0.6 is 23.2 Å². The minimum absolute atomic E-state index is 0.0444. The molecule has 7 heteroatoms. The van der Waals surface area contributed by atoms with Crippen LogP contribution in [0.2, 0.25) is 10.0 Å². The summed E-state index contributed by atoms with van der Waals surface area (Å²) in [6.45, 7) is 3.16. The Hall–Kier alpha value is -1.98. The SMILES string of the molecule is Cc1ccc(C(=O)OC(C)C(=O)Nc2cc(Cl)cc(Cl)c2)o1. The first-order valence-electron chi connectivity index (χ1n) is 6.39. The van der Waals surface area contributed by atoms with Gasteiger partial charge in [-0.2, -0.15) is 0 Å². The first kappa shape index (κ1) is 16.4. The molecular weight excluding hydrogens is 329 g/mol. The summed E-state index contributed by atoms with van der Waals surface area (Å²) in [5.41, 5.74) is 0.416. The van der Waals surface area contributed by atoms with Crippen LogP contribution in [0.15, 0.2) is 34.7 Å². The highest BCUT2D eigenvalue weighted by molar-refractivity contribution is 6.35.